The Labute approximate surface area is 122 Å². The zero-order valence-corrected chi connectivity index (χ0v) is 12.3. The number of H-pyrrole nitrogens is 1. The van der Waals surface area contributed by atoms with Crippen LogP contribution in [0.4, 0.5) is 4.39 Å². The lowest BCUT2D eigenvalue weighted by molar-refractivity contribution is 0.0582. The lowest BCUT2D eigenvalue weighted by atomic mass is 9.84. The molecule has 0 saturated carbocycles. The molecule has 0 spiro atoms. The van der Waals surface area contributed by atoms with Crippen LogP contribution in [0.1, 0.15) is 24.4 Å². The molecule has 106 valence electrons. The topological polar surface area (TPSA) is 24.0 Å². The van der Waals surface area contributed by atoms with Crippen molar-refractivity contribution in [3.8, 4) is 0 Å². The van der Waals surface area contributed by atoms with Crippen LogP contribution in [0, 0.1) is 23.4 Å². The fraction of sp³-hybridized carbons (Fsp3) is 0.533. The Morgan fingerprint density at radius 3 is 2.70 bits per heavy atom. The Morgan fingerprint density at radius 2 is 2.05 bits per heavy atom. The maximum absolute atomic E-state index is 13.7. The molecule has 0 aliphatic carbocycles. The number of nitrogens with one attached hydrogen (secondary N) is 1. The van der Waals surface area contributed by atoms with Gasteiger partial charge in [0.25, 0.3) is 0 Å². The first-order valence-corrected chi connectivity index (χ1v) is 7.67. The summed E-state index contributed by atoms with van der Waals surface area (Å²) in [7, 11) is 0. The van der Waals surface area contributed by atoms with E-state index in [0.717, 1.165) is 22.3 Å². The smallest absolute Gasteiger partial charge is 0.178 e. The Kier molecular flexibility index (Phi) is 2.76. The van der Waals surface area contributed by atoms with E-state index in [0.29, 0.717) is 17.5 Å². The number of benzene rings is 1. The van der Waals surface area contributed by atoms with Gasteiger partial charge in [0.15, 0.2) is 4.77 Å². The minimum absolute atomic E-state index is 0.171. The molecule has 1 aromatic carbocycles. The van der Waals surface area contributed by atoms with Crippen molar-refractivity contribution >= 4 is 23.3 Å². The minimum atomic E-state index is -0.171. The number of aryl methyl sites for hydroxylation is 1. The van der Waals surface area contributed by atoms with Crippen LogP contribution < -0.4 is 0 Å². The lowest BCUT2D eigenvalue weighted by Gasteiger charge is -2.45. The summed E-state index contributed by atoms with van der Waals surface area (Å²) in [6.45, 7) is 5.31. The largest absolute Gasteiger partial charge is 0.330 e. The summed E-state index contributed by atoms with van der Waals surface area (Å²) in [5.74, 6) is 0.533. The van der Waals surface area contributed by atoms with Gasteiger partial charge in [0.05, 0.1) is 17.1 Å². The molecular formula is C15H18FN3S. The van der Waals surface area contributed by atoms with E-state index in [9.17, 15) is 4.39 Å². The molecule has 2 aromatic rings. The fourth-order valence-electron chi connectivity index (χ4n) is 3.81. The Bertz CT molecular complexity index is 725. The first-order chi connectivity index (χ1) is 9.63. The highest BCUT2D eigenvalue weighted by Crippen LogP contribution is 2.37. The molecule has 5 rings (SSSR count). The number of imidazole rings is 1. The van der Waals surface area contributed by atoms with E-state index in [-0.39, 0.29) is 5.82 Å². The van der Waals surface area contributed by atoms with Crippen molar-refractivity contribution in [1.82, 2.24) is 14.5 Å². The number of aromatic nitrogens is 2. The molecule has 5 heteroatoms. The molecule has 0 radical (unpaired) electrons. The summed E-state index contributed by atoms with van der Waals surface area (Å²) in [5.41, 5.74) is 2.55. The van der Waals surface area contributed by atoms with Crippen LogP contribution in [0.5, 0.6) is 0 Å². The Hall–Kier alpha value is -1.20. The van der Waals surface area contributed by atoms with Crippen LogP contribution in [0.3, 0.4) is 0 Å². The first-order valence-electron chi connectivity index (χ1n) is 7.26. The van der Waals surface area contributed by atoms with Crippen LogP contribution in [0.15, 0.2) is 12.1 Å². The van der Waals surface area contributed by atoms with E-state index in [2.05, 4.69) is 14.5 Å². The average Bonchev–Trinajstić information content (AvgIpc) is 2.76. The van der Waals surface area contributed by atoms with Gasteiger partial charge in [0.1, 0.15) is 5.82 Å². The second-order valence-electron chi connectivity index (χ2n) is 6.12. The quantitative estimate of drug-likeness (QED) is 0.814. The summed E-state index contributed by atoms with van der Waals surface area (Å²) in [6.07, 6.45) is 2.50. The molecule has 3 aliphatic rings. The van der Waals surface area contributed by atoms with Crippen molar-refractivity contribution in [1.29, 1.82) is 0 Å². The summed E-state index contributed by atoms with van der Waals surface area (Å²) >= 11 is 5.50. The van der Waals surface area contributed by atoms with E-state index in [1.54, 1.807) is 6.07 Å². The van der Waals surface area contributed by atoms with Gasteiger partial charge in [-0.2, -0.15) is 0 Å². The number of fused-ring (bicyclic) bond motifs is 4. The van der Waals surface area contributed by atoms with E-state index < -0.39 is 0 Å². The van der Waals surface area contributed by atoms with Gasteiger partial charge in [-0.05, 0) is 68.7 Å². The van der Waals surface area contributed by atoms with Crippen LogP contribution in [0.2, 0.25) is 0 Å². The second-order valence-corrected chi connectivity index (χ2v) is 6.51. The zero-order valence-electron chi connectivity index (χ0n) is 11.5. The second kappa shape index (κ2) is 4.40. The van der Waals surface area contributed by atoms with Gasteiger partial charge in [-0.15, -0.1) is 0 Å². The van der Waals surface area contributed by atoms with Gasteiger partial charge >= 0.3 is 0 Å². The van der Waals surface area contributed by atoms with Gasteiger partial charge in [0, 0.05) is 6.54 Å². The Balaban J connectivity index is 1.89. The SMILES string of the molecule is Cc1cc2c(cc1F)[nH]c(=S)n2C1CN2CCC1CC2. The fourth-order valence-corrected chi connectivity index (χ4v) is 4.15. The Morgan fingerprint density at radius 1 is 1.30 bits per heavy atom. The lowest BCUT2D eigenvalue weighted by Crippen LogP contribution is -2.48. The van der Waals surface area contributed by atoms with Crippen molar-refractivity contribution in [2.24, 2.45) is 5.92 Å². The molecule has 1 N–H and O–H groups in total. The molecule has 2 bridgehead atoms. The number of hydrogen-bond donors (Lipinski definition) is 1. The predicted molar refractivity (Wildman–Crippen MR) is 80.0 cm³/mol. The highest BCUT2D eigenvalue weighted by molar-refractivity contribution is 7.71. The van der Waals surface area contributed by atoms with Gasteiger partial charge in [0.2, 0.25) is 0 Å². The zero-order chi connectivity index (χ0) is 13.9. The van der Waals surface area contributed by atoms with Crippen LogP contribution in [-0.2, 0) is 0 Å². The maximum atomic E-state index is 13.7. The molecule has 4 heterocycles. The van der Waals surface area contributed by atoms with Crippen molar-refractivity contribution in [2.75, 3.05) is 19.6 Å². The van der Waals surface area contributed by atoms with Gasteiger partial charge in [-0.3, -0.25) is 0 Å². The molecule has 0 amide bonds. The monoisotopic (exact) mass is 291 g/mol. The number of nitrogens with zero attached hydrogens (tertiary/aromatic N) is 2. The maximum Gasteiger partial charge on any atom is 0.178 e. The predicted octanol–water partition coefficient (Wildman–Crippen LogP) is 3.41. The van der Waals surface area contributed by atoms with Crippen molar-refractivity contribution in [3.05, 3.63) is 28.3 Å². The van der Waals surface area contributed by atoms with Gasteiger partial charge in [-0.1, -0.05) is 0 Å². The van der Waals surface area contributed by atoms with E-state index in [1.165, 1.54) is 25.9 Å². The number of aromatic amines is 1. The molecule has 3 saturated heterocycles. The summed E-state index contributed by atoms with van der Waals surface area (Å²) in [6, 6.07) is 3.93. The first kappa shape index (κ1) is 12.5. The number of rotatable bonds is 1. The number of hydrogen-bond acceptors (Lipinski definition) is 2. The highest BCUT2D eigenvalue weighted by atomic mass is 32.1. The third-order valence-electron chi connectivity index (χ3n) is 4.95. The van der Waals surface area contributed by atoms with Crippen LogP contribution in [0.25, 0.3) is 11.0 Å². The van der Waals surface area contributed by atoms with Crippen molar-refractivity contribution in [3.63, 3.8) is 0 Å². The van der Waals surface area contributed by atoms with Gasteiger partial charge < -0.3 is 14.5 Å². The molecule has 1 atom stereocenters. The van der Waals surface area contributed by atoms with Crippen molar-refractivity contribution in [2.45, 2.75) is 25.8 Å². The van der Waals surface area contributed by atoms with Crippen LogP contribution >= 0.6 is 12.2 Å². The van der Waals surface area contributed by atoms with Gasteiger partial charge in [-0.25, -0.2) is 4.39 Å². The van der Waals surface area contributed by atoms with E-state index in [1.807, 2.05) is 13.0 Å². The molecule has 1 aromatic heterocycles. The molecule has 1 unspecified atom stereocenters. The van der Waals surface area contributed by atoms with E-state index >= 15 is 0 Å². The van der Waals surface area contributed by atoms with Crippen LogP contribution in [-0.4, -0.2) is 34.1 Å². The molecule has 3 aliphatic heterocycles. The summed E-state index contributed by atoms with van der Waals surface area (Å²) < 4.78 is 16.7. The summed E-state index contributed by atoms with van der Waals surface area (Å²) in [4.78, 5) is 5.69. The average molecular weight is 291 g/mol. The molecule has 3 fully saturated rings. The highest BCUT2D eigenvalue weighted by Gasteiger charge is 2.36. The molecule has 20 heavy (non-hydrogen) atoms. The third-order valence-corrected chi connectivity index (χ3v) is 5.25. The standard InChI is InChI=1S/C15H18FN3S/c1-9-6-13-12(7-11(9)16)17-15(20)19(13)14-8-18-4-2-10(14)3-5-18/h6-7,10,14H,2-5,8H2,1H3,(H,17,20). The third kappa shape index (κ3) is 1.76. The molecular weight excluding hydrogens is 273 g/mol. The minimum Gasteiger partial charge on any atom is -0.330 e. The van der Waals surface area contributed by atoms with E-state index in [4.69, 9.17) is 12.2 Å². The van der Waals surface area contributed by atoms with Crippen molar-refractivity contribution < 1.29 is 4.39 Å². The molecule has 3 nitrogen and oxygen atoms in total. The number of halogens is 1. The summed E-state index contributed by atoms with van der Waals surface area (Å²) in [5, 5.41) is 0. The normalized spacial score (nSPS) is 29.2. The number of piperidine rings is 3.